The lowest BCUT2D eigenvalue weighted by Gasteiger charge is -2.13. The molecule has 0 spiro atoms. The maximum atomic E-state index is 11.8. The van der Waals surface area contributed by atoms with Crippen molar-refractivity contribution >= 4 is 28.5 Å². The lowest BCUT2D eigenvalue weighted by molar-refractivity contribution is -0.150. The Morgan fingerprint density at radius 1 is 1.36 bits per heavy atom. The number of carbonyl (C=O) groups excluding carboxylic acids is 1. The minimum absolute atomic E-state index is 0.0869. The van der Waals surface area contributed by atoms with Gasteiger partial charge in [-0.15, -0.1) is 0 Å². The van der Waals surface area contributed by atoms with Crippen LogP contribution < -0.4 is 4.74 Å². The smallest absolute Gasteiger partial charge is 0.344 e. The third kappa shape index (κ3) is 4.34. The van der Waals surface area contributed by atoms with Crippen LogP contribution in [0.1, 0.15) is 33.1 Å². The van der Waals surface area contributed by atoms with E-state index in [1.807, 2.05) is 19.1 Å². The van der Waals surface area contributed by atoms with Crippen molar-refractivity contribution < 1.29 is 14.3 Å². The van der Waals surface area contributed by atoms with Crippen molar-refractivity contribution in [3.63, 3.8) is 0 Å². The molecule has 0 saturated carbocycles. The van der Waals surface area contributed by atoms with Crippen LogP contribution in [0.2, 0.25) is 5.02 Å². The number of hydrogen-bond acceptors (Lipinski definition) is 4. The summed E-state index contributed by atoms with van der Waals surface area (Å²) in [5, 5.41) is 1.40. The van der Waals surface area contributed by atoms with Crippen LogP contribution in [-0.4, -0.2) is 23.7 Å². The molecule has 0 saturated heterocycles. The number of aromatic nitrogens is 1. The SMILES string of the molecule is CCCCC(C)OC(=O)COc1ccc(Cl)c2cccnc12. The molecule has 5 heteroatoms. The van der Waals surface area contributed by atoms with Gasteiger partial charge in [0.15, 0.2) is 6.61 Å². The van der Waals surface area contributed by atoms with Crippen molar-refractivity contribution in [1.29, 1.82) is 0 Å². The van der Waals surface area contributed by atoms with Gasteiger partial charge in [-0.25, -0.2) is 4.79 Å². The molecule has 1 aromatic heterocycles. The van der Waals surface area contributed by atoms with Crippen molar-refractivity contribution in [3.8, 4) is 5.75 Å². The van der Waals surface area contributed by atoms with E-state index in [0.29, 0.717) is 16.3 Å². The van der Waals surface area contributed by atoms with Gasteiger partial charge in [0, 0.05) is 11.6 Å². The van der Waals surface area contributed by atoms with Gasteiger partial charge in [0.25, 0.3) is 0 Å². The van der Waals surface area contributed by atoms with E-state index in [9.17, 15) is 4.79 Å². The first kappa shape index (κ1) is 16.6. The van der Waals surface area contributed by atoms with E-state index < -0.39 is 0 Å². The summed E-state index contributed by atoms with van der Waals surface area (Å²) in [6, 6.07) is 7.12. The third-order valence-corrected chi connectivity index (χ3v) is 3.65. The lowest BCUT2D eigenvalue weighted by atomic mass is 10.2. The van der Waals surface area contributed by atoms with E-state index in [4.69, 9.17) is 21.1 Å². The van der Waals surface area contributed by atoms with Gasteiger partial charge in [-0.05, 0) is 37.6 Å². The molecule has 0 aliphatic rings. The van der Waals surface area contributed by atoms with Gasteiger partial charge in [-0.1, -0.05) is 31.4 Å². The second-order valence-corrected chi connectivity index (χ2v) is 5.58. The first-order chi connectivity index (χ1) is 10.6. The highest BCUT2D eigenvalue weighted by atomic mass is 35.5. The van der Waals surface area contributed by atoms with Crippen LogP contribution in [0, 0.1) is 0 Å². The highest BCUT2D eigenvalue weighted by molar-refractivity contribution is 6.35. The Morgan fingerprint density at radius 2 is 2.18 bits per heavy atom. The van der Waals surface area contributed by atoms with Gasteiger partial charge in [-0.3, -0.25) is 4.98 Å². The predicted molar refractivity (Wildman–Crippen MR) is 87.3 cm³/mol. The van der Waals surface area contributed by atoms with Gasteiger partial charge in [0.1, 0.15) is 11.3 Å². The predicted octanol–water partition coefficient (Wildman–Crippen LogP) is 4.39. The number of ether oxygens (including phenoxy) is 2. The van der Waals surface area contributed by atoms with Crippen LogP contribution in [0.4, 0.5) is 0 Å². The number of esters is 1. The maximum absolute atomic E-state index is 11.8. The summed E-state index contributed by atoms with van der Waals surface area (Å²) < 4.78 is 10.8. The number of halogens is 1. The molecule has 0 fully saturated rings. The number of hydrogen-bond donors (Lipinski definition) is 0. The molecule has 0 aliphatic carbocycles. The summed E-state index contributed by atoms with van der Waals surface area (Å²) in [6.45, 7) is 3.87. The molecule has 1 heterocycles. The minimum Gasteiger partial charge on any atom is -0.480 e. The van der Waals surface area contributed by atoms with Crippen LogP contribution in [0.25, 0.3) is 10.9 Å². The fraction of sp³-hybridized carbons (Fsp3) is 0.412. The Kier molecular flexibility index (Phi) is 6.01. The van der Waals surface area contributed by atoms with Crippen molar-refractivity contribution in [3.05, 3.63) is 35.5 Å². The first-order valence-corrected chi connectivity index (χ1v) is 7.85. The maximum Gasteiger partial charge on any atom is 0.344 e. The average molecular weight is 322 g/mol. The number of fused-ring (bicyclic) bond motifs is 1. The summed E-state index contributed by atoms with van der Waals surface area (Å²) >= 11 is 6.12. The van der Waals surface area contributed by atoms with E-state index >= 15 is 0 Å². The van der Waals surface area contributed by atoms with Crippen LogP contribution in [0.15, 0.2) is 30.5 Å². The Balaban J connectivity index is 1.97. The molecular formula is C17H20ClNO3. The minimum atomic E-state index is -0.373. The second kappa shape index (κ2) is 7.99. The number of nitrogens with zero attached hydrogens (tertiary/aromatic N) is 1. The Bertz CT molecular complexity index is 645. The molecule has 1 unspecified atom stereocenters. The highest BCUT2D eigenvalue weighted by Gasteiger charge is 2.12. The summed E-state index contributed by atoms with van der Waals surface area (Å²) in [5.41, 5.74) is 0.641. The monoisotopic (exact) mass is 321 g/mol. The second-order valence-electron chi connectivity index (χ2n) is 5.18. The van der Waals surface area contributed by atoms with E-state index in [-0.39, 0.29) is 18.7 Å². The zero-order valence-corrected chi connectivity index (χ0v) is 13.6. The molecule has 2 rings (SSSR count). The molecule has 0 N–H and O–H groups in total. The Hall–Kier alpha value is -1.81. The largest absolute Gasteiger partial charge is 0.480 e. The molecule has 4 nitrogen and oxygen atoms in total. The molecule has 22 heavy (non-hydrogen) atoms. The summed E-state index contributed by atoms with van der Waals surface area (Å²) in [6.07, 6.45) is 4.57. The average Bonchev–Trinajstić information content (AvgIpc) is 2.52. The molecule has 0 radical (unpaired) electrons. The lowest BCUT2D eigenvalue weighted by Crippen LogP contribution is -2.20. The van der Waals surface area contributed by atoms with Gasteiger partial charge >= 0.3 is 5.97 Å². The normalized spacial score (nSPS) is 12.1. The van der Waals surface area contributed by atoms with Gasteiger partial charge in [0.2, 0.25) is 0 Å². The number of unbranched alkanes of at least 4 members (excludes halogenated alkanes) is 1. The molecule has 2 aromatic rings. The van der Waals surface area contributed by atoms with Gasteiger partial charge in [0.05, 0.1) is 11.1 Å². The van der Waals surface area contributed by atoms with Crippen molar-refractivity contribution in [2.24, 2.45) is 0 Å². The van der Waals surface area contributed by atoms with Crippen LogP contribution in [-0.2, 0) is 9.53 Å². The molecule has 0 aliphatic heterocycles. The topological polar surface area (TPSA) is 48.4 Å². The van der Waals surface area contributed by atoms with Gasteiger partial charge < -0.3 is 9.47 Å². The summed E-state index contributed by atoms with van der Waals surface area (Å²) in [7, 11) is 0. The summed E-state index contributed by atoms with van der Waals surface area (Å²) in [5.74, 6) is 0.154. The van der Waals surface area contributed by atoms with Crippen LogP contribution in [0.3, 0.4) is 0 Å². The van der Waals surface area contributed by atoms with E-state index in [1.165, 1.54) is 0 Å². The van der Waals surface area contributed by atoms with E-state index in [0.717, 1.165) is 24.6 Å². The molecule has 1 aromatic carbocycles. The zero-order chi connectivity index (χ0) is 15.9. The third-order valence-electron chi connectivity index (χ3n) is 3.32. The zero-order valence-electron chi connectivity index (χ0n) is 12.8. The summed E-state index contributed by atoms with van der Waals surface area (Å²) in [4.78, 5) is 16.1. The van der Waals surface area contributed by atoms with E-state index in [2.05, 4.69) is 11.9 Å². The van der Waals surface area contributed by atoms with Crippen molar-refractivity contribution in [2.75, 3.05) is 6.61 Å². The molecular weight excluding hydrogens is 302 g/mol. The number of benzene rings is 1. The molecule has 0 bridgehead atoms. The van der Waals surface area contributed by atoms with Crippen LogP contribution >= 0.6 is 11.6 Å². The Labute approximate surface area is 135 Å². The highest BCUT2D eigenvalue weighted by Crippen LogP contribution is 2.29. The number of rotatable bonds is 7. The van der Waals surface area contributed by atoms with E-state index in [1.54, 1.807) is 18.3 Å². The van der Waals surface area contributed by atoms with Gasteiger partial charge in [-0.2, -0.15) is 0 Å². The fourth-order valence-corrected chi connectivity index (χ4v) is 2.39. The number of carbonyl (C=O) groups is 1. The molecule has 0 amide bonds. The standard InChI is InChI=1S/C17H20ClNO3/c1-3-4-6-12(2)22-16(20)11-21-15-9-8-14(18)13-7-5-10-19-17(13)15/h5,7-10,12H,3-4,6,11H2,1-2H3. The van der Waals surface area contributed by atoms with Crippen LogP contribution in [0.5, 0.6) is 5.75 Å². The molecule has 118 valence electrons. The molecule has 1 atom stereocenters. The first-order valence-electron chi connectivity index (χ1n) is 7.47. The fourth-order valence-electron chi connectivity index (χ4n) is 2.17. The van der Waals surface area contributed by atoms with Crippen molar-refractivity contribution in [2.45, 2.75) is 39.2 Å². The van der Waals surface area contributed by atoms with Crippen molar-refractivity contribution in [1.82, 2.24) is 4.98 Å². The number of pyridine rings is 1. The Morgan fingerprint density at radius 3 is 2.95 bits per heavy atom. The quantitative estimate of drug-likeness (QED) is 0.710.